The van der Waals surface area contributed by atoms with Crippen LogP contribution in [0, 0.1) is 0 Å². The van der Waals surface area contributed by atoms with Crippen molar-refractivity contribution < 1.29 is 0 Å². The Bertz CT molecular complexity index is 151. The van der Waals surface area contributed by atoms with Crippen LogP contribution in [0.1, 0.15) is 58.3 Å². The van der Waals surface area contributed by atoms with Gasteiger partial charge in [-0.25, -0.2) is 0 Å². The van der Waals surface area contributed by atoms with Gasteiger partial charge in [0.2, 0.25) is 0 Å². The Morgan fingerprint density at radius 3 is 2.33 bits per heavy atom. The van der Waals surface area contributed by atoms with E-state index in [4.69, 9.17) is 5.73 Å². The summed E-state index contributed by atoms with van der Waals surface area (Å²) in [6.07, 6.45) is 10.6. The number of hydrogen-bond acceptors (Lipinski definition) is 2. The van der Waals surface area contributed by atoms with Crippen molar-refractivity contribution in [2.24, 2.45) is 5.73 Å². The molecular formula is C13H28N2. The Kier molecular flexibility index (Phi) is 6.26. The lowest BCUT2D eigenvalue weighted by Gasteiger charge is -2.33. The van der Waals surface area contributed by atoms with E-state index in [0.29, 0.717) is 6.04 Å². The third-order valence-electron chi connectivity index (χ3n) is 3.73. The molecule has 15 heavy (non-hydrogen) atoms. The van der Waals surface area contributed by atoms with Gasteiger partial charge in [-0.15, -0.1) is 0 Å². The Labute approximate surface area is 95.2 Å². The van der Waals surface area contributed by atoms with Crippen molar-refractivity contribution >= 4 is 0 Å². The molecule has 0 saturated heterocycles. The summed E-state index contributed by atoms with van der Waals surface area (Å²) in [6, 6.07) is 1.29. The number of rotatable bonds is 6. The number of unbranched alkanes of at least 4 members (excludes halogenated alkanes) is 3. The van der Waals surface area contributed by atoms with Crippen LogP contribution in [0.5, 0.6) is 0 Å². The smallest absolute Gasteiger partial charge is 0.00933 e. The van der Waals surface area contributed by atoms with Crippen LogP contribution >= 0.6 is 0 Å². The van der Waals surface area contributed by atoms with E-state index in [1.165, 1.54) is 57.9 Å². The molecule has 0 heterocycles. The normalized spacial score (nSPS) is 27.2. The van der Waals surface area contributed by atoms with Gasteiger partial charge in [0, 0.05) is 12.1 Å². The molecule has 0 radical (unpaired) electrons. The maximum atomic E-state index is 5.92. The molecule has 0 amide bonds. The lowest BCUT2D eigenvalue weighted by Crippen LogP contribution is -2.39. The molecule has 1 aliphatic rings. The first-order chi connectivity index (χ1) is 7.24. The number of hydrogen-bond donors (Lipinski definition) is 1. The predicted octanol–water partition coefficient (Wildman–Crippen LogP) is 2.77. The number of nitrogens with zero attached hydrogens (tertiary/aromatic N) is 1. The van der Waals surface area contributed by atoms with E-state index in [1.807, 2.05) is 0 Å². The summed E-state index contributed by atoms with van der Waals surface area (Å²) in [4.78, 5) is 2.56. The SMILES string of the molecule is CCCCCCN(C)C1CCC(N)CC1. The highest BCUT2D eigenvalue weighted by Crippen LogP contribution is 2.21. The minimum atomic E-state index is 0.481. The molecule has 0 aromatic heterocycles. The second-order valence-corrected chi connectivity index (χ2v) is 5.11. The topological polar surface area (TPSA) is 29.3 Å². The van der Waals surface area contributed by atoms with Crippen LogP contribution in [-0.4, -0.2) is 30.6 Å². The molecule has 0 unspecified atom stereocenters. The molecule has 0 bridgehead atoms. The van der Waals surface area contributed by atoms with E-state index in [2.05, 4.69) is 18.9 Å². The summed E-state index contributed by atoms with van der Waals surface area (Å²) >= 11 is 0. The largest absolute Gasteiger partial charge is 0.328 e. The van der Waals surface area contributed by atoms with Gasteiger partial charge in [0.15, 0.2) is 0 Å². The van der Waals surface area contributed by atoms with Crippen LogP contribution in [0.3, 0.4) is 0 Å². The van der Waals surface area contributed by atoms with Gasteiger partial charge in [0.25, 0.3) is 0 Å². The van der Waals surface area contributed by atoms with Gasteiger partial charge in [0.05, 0.1) is 0 Å². The fourth-order valence-electron chi connectivity index (χ4n) is 2.51. The summed E-state index contributed by atoms with van der Waals surface area (Å²) in [5, 5.41) is 0. The minimum absolute atomic E-state index is 0.481. The predicted molar refractivity (Wildman–Crippen MR) is 67.0 cm³/mol. The monoisotopic (exact) mass is 212 g/mol. The van der Waals surface area contributed by atoms with Crippen LogP contribution < -0.4 is 5.73 Å². The van der Waals surface area contributed by atoms with E-state index >= 15 is 0 Å². The first-order valence-corrected chi connectivity index (χ1v) is 6.70. The third kappa shape index (κ3) is 4.98. The lowest BCUT2D eigenvalue weighted by molar-refractivity contribution is 0.180. The molecule has 0 aromatic carbocycles. The van der Waals surface area contributed by atoms with Gasteiger partial charge >= 0.3 is 0 Å². The van der Waals surface area contributed by atoms with Crippen molar-refractivity contribution in [2.45, 2.75) is 70.4 Å². The van der Waals surface area contributed by atoms with Crippen molar-refractivity contribution in [1.29, 1.82) is 0 Å². The molecule has 1 fully saturated rings. The Morgan fingerprint density at radius 1 is 1.07 bits per heavy atom. The van der Waals surface area contributed by atoms with Crippen LogP contribution in [0.2, 0.25) is 0 Å². The van der Waals surface area contributed by atoms with Gasteiger partial charge in [-0.1, -0.05) is 26.2 Å². The summed E-state index contributed by atoms with van der Waals surface area (Å²) in [6.45, 7) is 3.55. The Hall–Kier alpha value is -0.0800. The Morgan fingerprint density at radius 2 is 1.73 bits per heavy atom. The highest BCUT2D eigenvalue weighted by molar-refractivity contribution is 4.79. The average Bonchev–Trinajstić information content (AvgIpc) is 2.25. The highest BCUT2D eigenvalue weighted by atomic mass is 15.1. The summed E-state index contributed by atoms with van der Waals surface area (Å²) in [7, 11) is 2.29. The van der Waals surface area contributed by atoms with Crippen molar-refractivity contribution in [1.82, 2.24) is 4.90 Å². The third-order valence-corrected chi connectivity index (χ3v) is 3.73. The van der Waals surface area contributed by atoms with Crippen LogP contribution in [0.15, 0.2) is 0 Å². The van der Waals surface area contributed by atoms with Crippen LogP contribution in [0.25, 0.3) is 0 Å². The molecule has 0 spiro atoms. The molecule has 0 aliphatic heterocycles. The zero-order valence-electron chi connectivity index (χ0n) is 10.5. The molecule has 2 nitrogen and oxygen atoms in total. The molecule has 0 aromatic rings. The fourth-order valence-corrected chi connectivity index (χ4v) is 2.51. The highest BCUT2D eigenvalue weighted by Gasteiger charge is 2.21. The first kappa shape index (κ1) is 13.0. The first-order valence-electron chi connectivity index (χ1n) is 6.70. The van der Waals surface area contributed by atoms with E-state index in [9.17, 15) is 0 Å². The minimum Gasteiger partial charge on any atom is -0.328 e. The van der Waals surface area contributed by atoms with Crippen LogP contribution in [-0.2, 0) is 0 Å². The van der Waals surface area contributed by atoms with Crippen LogP contribution in [0.4, 0.5) is 0 Å². The molecule has 1 saturated carbocycles. The molecule has 1 aliphatic carbocycles. The van der Waals surface area contributed by atoms with Gasteiger partial charge in [-0.3, -0.25) is 0 Å². The van der Waals surface area contributed by atoms with Crippen molar-refractivity contribution in [3.05, 3.63) is 0 Å². The fraction of sp³-hybridized carbons (Fsp3) is 1.00. The second-order valence-electron chi connectivity index (χ2n) is 5.11. The van der Waals surface area contributed by atoms with E-state index < -0.39 is 0 Å². The van der Waals surface area contributed by atoms with E-state index in [0.717, 1.165) is 6.04 Å². The maximum Gasteiger partial charge on any atom is 0.00933 e. The van der Waals surface area contributed by atoms with Gasteiger partial charge < -0.3 is 10.6 Å². The van der Waals surface area contributed by atoms with E-state index in [1.54, 1.807) is 0 Å². The summed E-state index contributed by atoms with van der Waals surface area (Å²) < 4.78 is 0. The zero-order chi connectivity index (χ0) is 11.1. The van der Waals surface area contributed by atoms with Gasteiger partial charge in [-0.05, 0) is 45.7 Å². The Balaban J connectivity index is 2.08. The molecule has 0 atom stereocenters. The molecular weight excluding hydrogens is 184 g/mol. The second kappa shape index (κ2) is 7.24. The molecule has 2 N–H and O–H groups in total. The van der Waals surface area contributed by atoms with Gasteiger partial charge in [0.1, 0.15) is 0 Å². The molecule has 90 valence electrons. The van der Waals surface area contributed by atoms with Gasteiger partial charge in [-0.2, -0.15) is 0 Å². The molecule has 2 heteroatoms. The number of nitrogens with two attached hydrogens (primary N) is 1. The van der Waals surface area contributed by atoms with Crippen molar-refractivity contribution in [3.8, 4) is 0 Å². The summed E-state index contributed by atoms with van der Waals surface area (Å²) in [5.74, 6) is 0. The van der Waals surface area contributed by atoms with Crippen molar-refractivity contribution in [2.75, 3.05) is 13.6 Å². The molecule has 1 rings (SSSR count). The quantitative estimate of drug-likeness (QED) is 0.686. The standard InChI is InChI=1S/C13H28N2/c1-3-4-5-6-11-15(2)13-9-7-12(14)8-10-13/h12-13H,3-11,14H2,1-2H3. The summed E-state index contributed by atoms with van der Waals surface area (Å²) in [5.41, 5.74) is 5.92. The average molecular weight is 212 g/mol. The van der Waals surface area contributed by atoms with Crippen molar-refractivity contribution in [3.63, 3.8) is 0 Å². The van der Waals surface area contributed by atoms with E-state index in [-0.39, 0.29) is 0 Å². The lowest BCUT2D eigenvalue weighted by atomic mass is 9.91. The zero-order valence-corrected chi connectivity index (χ0v) is 10.5. The maximum absolute atomic E-state index is 5.92.